The van der Waals surface area contributed by atoms with Crippen molar-refractivity contribution in [3.63, 3.8) is 0 Å². The van der Waals surface area contributed by atoms with E-state index in [0.29, 0.717) is 0 Å². The van der Waals surface area contributed by atoms with E-state index in [2.05, 4.69) is 35.7 Å². The van der Waals surface area contributed by atoms with Crippen LogP contribution in [-0.2, 0) is 6.54 Å². The predicted octanol–water partition coefficient (Wildman–Crippen LogP) is 3.83. The van der Waals surface area contributed by atoms with Crippen molar-refractivity contribution in [2.45, 2.75) is 38.1 Å². The maximum atomic E-state index is 8.93. The van der Waals surface area contributed by atoms with Gasteiger partial charge in [0, 0.05) is 11.4 Å². The zero-order valence-corrected chi connectivity index (χ0v) is 12.3. The van der Waals surface area contributed by atoms with Gasteiger partial charge in [0.15, 0.2) is 0 Å². The zero-order chi connectivity index (χ0) is 13.4. The molecule has 0 aliphatic heterocycles. The van der Waals surface area contributed by atoms with Crippen molar-refractivity contribution in [3.05, 3.63) is 29.8 Å². The highest BCUT2D eigenvalue weighted by atomic mass is 32.2. The number of nitrogens with one attached hydrogen (secondary N) is 1. The fourth-order valence-electron chi connectivity index (χ4n) is 1.67. The van der Waals surface area contributed by atoms with Crippen LogP contribution in [0.4, 0.5) is 0 Å². The molecule has 0 aliphatic rings. The van der Waals surface area contributed by atoms with E-state index in [0.717, 1.165) is 25.1 Å². The van der Waals surface area contributed by atoms with Crippen molar-refractivity contribution in [3.8, 4) is 6.07 Å². The molecule has 0 aromatic heterocycles. The first kappa shape index (κ1) is 15.1. The monoisotopic (exact) mass is 262 g/mol. The SMILES string of the molecule is CNCc1ccc(SCCCC(C)(C)C#N)cc1. The number of rotatable bonds is 7. The van der Waals surface area contributed by atoms with Gasteiger partial charge in [-0.1, -0.05) is 12.1 Å². The standard InChI is InChI=1S/C15H22N2S/c1-15(2,12-16)9-4-10-18-14-7-5-13(6-8-14)11-17-3/h5-8,17H,4,9-11H2,1-3H3. The Morgan fingerprint density at radius 2 is 1.94 bits per heavy atom. The number of benzene rings is 1. The average molecular weight is 262 g/mol. The van der Waals surface area contributed by atoms with E-state index >= 15 is 0 Å². The molecule has 0 aliphatic carbocycles. The van der Waals surface area contributed by atoms with Crippen LogP contribution in [0.5, 0.6) is 0 Å². The maximum Gasteiger partial charge on any atom is 0.0683 e. The highest BCUT2D eigenvalue weighted by molar-refractivity contribution is 7.99. The second-order valence-corrected chi connectivity index (χ2v) is 6.29. The van der Waals surface area contributed by atoms with Gasteiger partial charge in [-0.15, -0.1) is 11.8 Å². The van der Waals surface area contributed by atoms with E-state index in [4.69, 9.17) is 5.26 Å². The highest BCUT2D eigenvalue weighted by Crippen LogP contribution is 2.25. The fourth-order valence-corrected chi connectivity index (χ4v) is 2.52. The van der Waals surface area contributed by atoms with Gasteiger partial charge < -0.3 is 5.32 Å². The quantitative estimate of drug-likeness (QED) is 0.599. The molecule has 0 heterocycles. The van der Waals surface area contributed by atoms with Gasteiger partial charge in [0.25, 0.3) is 0 Å². The molecule has 0 amide bonds. The maximum absolute atomic E-state index is 8.93. The van der Waals surface area contributed by atoms with Crippen LogP contribution >= 0.6 is 11.8 Å². The van der Waals surface area contributed by atoms with E-state index in [1.54, 1.807) is 0 Å². The molecule has 3 heteroatoms. The Balaban J connectivity index is 2.30. The molecule has 1 N–H and O–H groups in total. The van der Waals surface area contributed by atoms with Crippen LogP contribution in [0.3, 0.4) is 0 Å². The molecule has 1 aromatic carbocycles. The largest absolute Gasteiger partial charge is 0.316 e. The molecule has 0 spiro atoms. The Morgan fingerprint density at radius 1 is 1.28 bits per heavy atom. The lowest BCUT2D eigenvalue weighted by Gasteiger charge is -2.14. The molecule has 2 nitrogen and oxygen atoms in total. The molecular formula is C15H22N2S. The minimum Gasteiger partial charge on any atom is -0.316 e. The van der Waals surface area contributed by atoms with Crippen LogP contribution in [0.25, 0.3) is 0 Å². The van der Waals surface area contributed by atoms with E-state index in [1.807, 2.05) is 32.7 Å². The van der Waals surface area contributed by atoms with Crippen LogP contribution in [0.2, 0.25) is 0 Å². The summed E-state index contributed by atoms with van der Waals surface area (Å²) in [5, 5.41) is 12.1. The van der Waals surface area contributed by atoms with Gasteiger partial charge in [0.05, 0.1) is 11.5 Å². The normalized spacial score (nSPS) is 11.2. The van der Waals surface area contributed by atoms with Gasteiger partial charge >= 0.3 is 0 Å². The van der Waals surface area contributed by atoms with Gasteiger partial charge in [0.2, 0.25) is 0 Å². The van der Waals surface area contributed by atoms with Crippen LogP contribution in [0.1, 0.15) is 32.3 Å². The molecule has 0 fully saturated rings. The van der Waals surface area contributed by atoms with Gasteiger partial charge in [-0.25, -0.2) is 0 Å². The second-order valence-electron chi connectivity index (χ2n) is 5.12. The summed E-state index contributed by atoms with van der Waals surface area (Å²) in [6.45, 7) is 4.93. The van der Waals surface area contributed by atoms with Crippen LogP contribution < -0.4 is 5.32 Å². The molecule has 0 unspecified atom stereocenters. The third-order valence-corrected chi connectivity index (χ3v) is 3.92. The van der Waals surface area contributed by atoms with Crippen molar-refractivity contribution in [2.24, 2.45) is 5.41 Å². The third-order valence-electron chi connectivity index (χ3n) is 2.82. The molecule has 0 saturated heterocycles. The lowest BCUT2D eigenvalue weighted by molar-refractivity contribution is 0.448. The lowest BCUT2D eigenvalue weighted by atomic mass is 9.90. The van der Waals surface area contributed by atoms with Gasteiger partial charge in [0.1, 0.15) is 0 Å². The lowest BCUT2D eigenvalue weighted by Crippen LogP contribution is -2.07. The molecule has 98 valence electrons. The first-order valence-electron chi connectivity index (χ1n) is 6.35. The smallest absolute Gasteiger partial charge is 0.0683 e. The summed E-state index contributed by atoms with van der Waals surface area (Å²) >= 11 is 1.87. The molecule has 1 aromatic rings. The number of nitrogens with zero attached hydrogens (tertiary/aromatic N) is 1. The fraction of sp³-hybridized carbons (Fsp3) is 0.533. The first-order chi connectivity index (χ1) is 8.57. The summed E-state index contributed by atoms with van der Waals surface area (Å²) in [5.74, 6) is 1.08. The topological polar surface area (TPSA) is 35.8 Å². The van der Waals surface area contributed by atoms with Crippen molar-refractivity contribution in [2.75, 3.05) is 12.8 Å². The predicted molar refractivity (Wildman–Crippen MR) is 78.6 cm³/mol. The van der Waals surface area contributed by atoms with Gasteiger partial charge in [-0.05, 0) is 57.2 Å². The van der Waals surface area contributed by atoms with Gasteiger partial charge in [-0.2, -0.15) is 5.26 Å². The number of hydrogen-bond donors (Lipinski definition) is 1. The van der Waals surface area contributed by atoms with Crippen LogP contribution in [0.15, 0.2) is 29.2 Å². The van der Waals surface area contributed by atoms with Crippen LogP contribution in [-0.4, -0.2) is 12.8 Å². The van der Waals surface area contributed by atoms with E-state index < -0.39 is 0 Å². The highest BCUT2D eigenvalue weighted by Gasteiger charge is 2.15. The molecule has 0 bridgehead atoms. The van der Waals surface area contributed by atoms with Crippen molar-refractivity contribution >= 4 is 11.8 Å². The van der Waals surface area contributed by atoms with Gasteiger partial charge in [-0.3, -0.25) is 0 Å². The average Bonchev–Trinajstić information content (AvgIpc) is 2.37. The molecule has 18 heavy (non-hydrogen) atoms. The number of nitriles is 1. The van der Waals surface area contributed by atoms with Crippen molar-refractivity contribution in [1.82, 2.24) is 5.32 Å². The minimum atomic E-state index is -0.183. The molecular weight excluding hydrogens is 240 g/mol. The Morgan fingerprint density at radius 3 is 2.50 bits per heavy atom. The molecule has 0 radical (unpaired) electrons. The van der Waals surface area contributed by atoms with E-state index in [9.17, 15) is 0 Å². The van der Waals surface area contributed by atoms with E-state index in [-0.39, 0.29) is 5.41 Å². The molecule has 0 saturated carbocycles. The minimum absolute atomic E-state index is 0.183. The summed E-state index contributed by atoms with van der Waals surface area (Å²) in [7, 11) is 1.96. The number of hydrogen-bond acceptors (Lipinski definition) is 3. The Kier molecular flexibility index (Phi) is 6.24. The molecule has 1 rings (SSSR count). The Hall–Kier alpha value is -0.980. The molecule has 0 atom stereocenters. The Bertz CT molecular complexity index is 390. The summed E-state index contributed by atoms with van der Waals surface area (Å²) < 4.78 is 0. The zero-order valence-electron chi connectivity index (χ0n) is 11.5. The number of thioether (sulfide) groups is 1. The van der Waals surface area contributed by atoms with Crippen LogP contribution in [0, 0.1) is 16.7 Å². The third kappa shape index (κ3) is 5.57. The van der Waals surface area contributed by atoms with E-state index in [1.165, 1.54) is 10.5 Å². The van der Waals surface area contributed by atoms with Crippen molar-refractivity contribution < 1.29 is 0 Å². The summed E-state index contributed by atoms with van der Waals surface area (Å²) in [5.41, 5.74) is 1.13. The first-order valence-corrected chi connectivity index (χ1v) is 7.33. The second kappa shape index (κ2) is 7.45. The summed E-state index contributed by atoms with van der Waals surface area (Å²) in [6.07, 6.45) is 2.05. The summed E-state index contributed by atoms with van der Waals surface area (Å²) in [4.78, 5) is 1.31. The van der Waals surface area contributed by atoms with Crippen molar-refractivity contribution in [1.29, 1.82) is 5.26 Å². The Labute approximate surface area is 115 Å². The summed E-state index contributed by atoms with van der Waals surface area (Å²) in [6, 6.07) is 11.0.